The van der Waals surface area contributed by atoms with Gasteiger partial charge in [-0.2, -0.15) is 5.10 Å². The lowest BCUT2D eigenvalue weighted by Gasteiger charge is -1.98. The van der Waals surface area contributed by atoms with Crippen LogP contribution in [0.4, 0.5) is 4.79 Å². The van der Waals surface area contributed by atoms with E-state index in [2.05, 4.69) is 20.2 Å². The highest BCUT2D eigenvalue weighted by atomic mass is 16.5. The zero-order valence-corrected chi connectivity index (χ0v) is 7.50. The summed E-state index contributed by atoms with van der Waals surface area (Å²) in [5.41, 5.74) is 3.78. The molecule has 1 amide bonds. The highest BCUT2D eigenvalue weighted by Crippen LogP contribution is 1.95. The number of aromatic nitrogens is 1. The number of hydrogen-bond donors (Lipinski definition) is 2. The van der Waals surface area contributed by atoms with Gasteiger partial charge in [0.05, 0.1) is 18.5 Å². The monoisotopic (exact) mass is 181 g/mol. The molecule has 13 heavy (non-hydrogen) atoms. The number of methoxy groups -OCH3 is 1. The van der Waals surface area contributed by atoms with Crippen molar-refractivity contribution in [3.8, 4) is 0 Å². The van der Waals surface area contributed by atoms with Gasteiger partial charge >= 0.3 is 6.09 Å². The van der Waals surface area contributed by atoms with Crippen LogP contribution in [0.15, 0.2) is 23.4 Å². The minimum Gasteiger partial charge on any atom is -0.452 e. The third kappa shape index (κ3) is 2.62. The first-order chi connectivity index (χ1) is 6.24. The summed E-state index contributed by atoms with van der Waals surface area (Å²) in [6.07, 6.45) is 1.21. The second-order valence-electron chi connectivity index (χ2n) is 2.38. The molecule has 0 aliphatic carbocycles. The van der Waals surface area contributed by atoms with E-state index in [4.69, 9.17) is 0 Å². The number of hydrazone groups is 1. The number of aromatic amines is 1. The summed E-state index contributed by atoms with van der Waals surface area (Å²) >= 11 is 0. The van der Waals surface area contributed by atoms with Crippen molar-refractivity contribution >= 4 is 11.8 Å². The maximum absolute atomic E-state index is 10.6. The van der Waals surface area contributed by atoms with Gasteiger partial charge in [0.2, 0.25) is 0 Å². The van der Waals surface area contributed by atoms with Crippen molar-refractivity contribution in [3.63, 3.8) is 0 Å². The van der Waals surface area contributed by atoms with E-state index in [1.807, 2.05) is 12.1 Å². The molecule has 1 rings (SSSR count). The quantitative estimate of drug-likeness (QED) is 0.530. The molecule has 0 aliphatic rings. The molecule has 1 heterocycles. The Hall–Kier alpha value is -1.78. The molecule has 0 unspecified atom stereocenters. The SMILES string of the molecule is COC(=O)NN=C(C)c1ccc[nH]1. The third-order valence-electron chi connectivity index (χ3n) is 1.49. The van der Waals surface area contributed by atoms with Crippen molar-refractivity contribution in [2.45, 2.75) is 6.92 Å². The standard InChI is InChI=1S/C8H11N3O2/c1-6(7-4-3-5-9-7)10-11-8(12)13-2/h3-5,9H,1-2H3,(H,11,12). The maximum atomic E-state index is 10.6. The van der Waals surface area contributed by atoms with Crippen LogP contribution in [-0.2, 0) is 4.74 Å². The van der Waals surface area contributed by atoms with Gasteiger partial charge in [0.1, 0.15) is 0 Å². The maximum Gasteiger partial charge on any atom is 0.427 e. The highest BCUT2D eigenvalue weighted by Gasteiger charge is 1.98. The molecular formula is C8H11N3O2. The molecule has 0 fully saturated rings. The summed E-state index contributed by atoms with van der Waals surface area (Å²) in [6.45, 7) is 1.78. The number of carbonyl (C=O) groups excluding carboxylic acids is 1. The molecule has 2 N–H and O–H groups in total. The van der Waals surface area contributed by atoms with Crippen molar-refractivity contribution in [2.75, 3.05) is 7.11 Å². The molecule has 5 nitrogen and oxygen atoms in total. The van der Waals surface area contributed by atoms with E-state index in [1.165, 1.54) is 7.11 Å². The van der Waals surface area contributed by atoms with Crippen LogP contribution in [0.1, 0.15) is 12.6 Å². The second kappa shape index (κ2) is 4.30. The molecule has 70 valence electrons. The van der Waals surface area contributed by atoms with Gasteiger partial charge in [0.25, 0.3) is 0 Å². The van der Waals surface area contributed by atoms with E-state index < -0.39 is 6.09 Å². The summed E-state index contributed by atoms with van der Waals surface area (Å²) < 4.78 is 4.35. The Kier molecular flexibility index (Phi) is 3.08. The van der Waals surface area contributed by atoms with E-state index in [1.54, 1.807) is 13.1 Å². The normalized spacial score (nSPS) is 11.1. The van der Waals surface area contributed by atoms with E-state index in [9.17, 15) is 4.79 Å². The summed E-state index contributed by atoms with van der Waals surface area (Å²) in [5, 5.41) is 3.80. The van der Waals surface area contributed by atoms with Crippen molar-refractivity contribution < 1.29 is 9.53 Å². The Bertz CT molecular complexity index is 303. The van der Waals surface area contributed by atoms with Gasteiger partial charge in [-0.05, 0) is 19.1 Å². The molecule has 0 atom stereocenters. The Morgan fingerprint density at radius 2 is 2.46 bits per heavy atom. The molecule has 0 saturated carbocycles. The van der Waals surface area contributed by atoms with Crippen molar-refractivity contribution in [1.29, 1.82) is 0 Å². The Labute approximate surface area is 75.8 Å². The molecular weight excluding hydrogens is 170 g/mol. The summed E-state index contributed by atoms with van der Waals surface area (Å²) in [7, 11) is 1.29. The largest absolute Gasteiger partial charge is 0.452 e. The van der Waals surface area contributed by atoms with E-state index in [-0.39, 0.29) is 0 Å². The molecule has 0 bridgehead atoms. The number of nitrogens with zero attached hydrogens (tertiary/aromatic N) is 1. The van der Waals surface area contributed by atoms with Crippen molar-refractivity contribution in [2.24, 2.45) is 5.10 Å². The van der Waals surface area contributed by atoms with Gasteiger partial charge in [-0.25, -0.2) is 10.2 Å². The number of ether oxygens (including phenoxy) is 1. The average Bonchev–Trinajstić information content (AvgIpc) is 2.66. The van der Waals surface area contributed by atoms with Crippen LogP contribution in [0, 0.1) is 0 Å². The molecule has 0 radical (unpaired) electrons. The van der Waals surface area contributed by atoms with Crippen molar-refractivity contribution in [3.05, 3.63) is 24.0 Å². The lowest BCUT2D eigenvalue weighted by molar-refractivity contribution is 0.171. The minimum absolute atomic E-state index is 0.578. The fraction of sp³-hybridized carbons (Fsp3) is 0.250. The smallest absolute Gasteiger partial charge is 0.427 e. The summed E-state index contributed by atoms with van der Waals surface area (Å²) in [4.78, 5) is 13.6. The van der Waals surface area contributed by atoms with Crippen LogP contribution >= 0.6 is 0 Å². The third-order valence-corrected chi connectivity index (χ3v) is 1.49. The van der Waals surface area contributed by atoms with Gasteiger partial charge in [0.15, 0.2) is 0 Å². The van der Waals surface area contributed by atoms with Crippen LogP contribution in [0.5, 0.6) is 0 Å². The predicted octanol–water partition coefficient (Wildman–Crippen LogP) is 1.09. The molecule has 5 heteroatoms. The van der Waals surface area contributed by atoms with Gasteiger partial charge in [-0.3, -0.25) is 0 Å². The number of amides is 1. The zero-order valence-electron chi connectivity index (χ0n) is 7.50. The van der Waals surface area contributed by atoms with Gasteiger partial charge in [0, 0.05) is 6.20 Å². The first-order valence-electron chi connectivity index (χ1n) is 3.76. The first kappa shape index (κ1) is 9.31. The zero-order chi connectivity index (χ0) is 9.68. The average molecular weight is 181 g/mol. The van der Waals surface area contributed by atoms with E-state index in [0.717, 1.165) is 5.69 Å². The van der Waals surface area contributed by atoms with Crippen LogP contribution in [0.3, 0.4) is 0 Å². The Morgan fingerprint density at radius 3 is 3.00 bits per heavy atom. The first-order valence-corrected chi connectivity index (χ1v) is 3.76. The number of H-pyrrole nitrogens is 1. The highest BCUT2D eigenvalue weighted by molar-refractivity contribution is 5.97. The Balaban J connectivity index is 2.57. The molecule has 0 spiro atoms. The molecule has 1 aromatic heterocycles. The van der Waals surface area contributed by atoms with Crippen LogP contribution in [0.2, 0.25) is 0 Å². The lowest BCUT2D eigenvalue weighted by atomic mass is 10.3. The fourth-order valence-corrected chi connectivity index (χ4v) is 0.791. The topological polar surface area (TPSA) is 66.5 Å². The van der Waals surface area contributed by atoms with Gasteiger partial charge in [-0.15, -0.1) is 0 Å². The second-order valence-corrected chi connectivity index (χ2v) is 2.38. The summed E-state index contributed by atoms with van der Waals surface area (Å²) in [6, 6.07) is 3.71. The number of nitrogens with one attached hydrogen (secondary N) is 2. The molecule has 0 aromatic carbocycles. The fourth-order valence-electron chi connectivity index (χ4n) is 0.791. The van der Waals surface area contributed by atoms with E-state index >= 15 is 0 Å². The van der Waals surface area contributed by atoms with Crippen LogP contribution in [-0.4, -0.2) is 23.9 Å². The van der Waals surface area contributed by atoms with Crippen LogP contribution in [0.25, 0.3) is 0 Å². The predicted molar refractivity (Wildman–Crippen MR) is 48.5 cm³/mol. The molecule has 0 saturated heterocycles. The molecule has 0 aliphatic heterocycles. The van der Waals surface area contributed by atoms with E-state index in [0.29, 0.717) is 5.71 Å². The number of rotatable bonds is 2. The lowest BCUT2D eigenvalue weighted by Crippen LogP contribution is -2.18. The van der Waals surface area contributed by atoms with Gasteiger partial charge in [-0.1, -0.05) is 0 Å². The molecule has 1 aromatic rings. The van der Waals surface area contributed by atoms with Gasteiger partial charge < -0.3 is 9.72 Å². The van der Waals surface area contributed by atoms with Crippen LogP contribution < -0.4 is 5.43 Å². The number of hydrogen-bond acceptors (Lipinski definition) is 3. The van der Waals surface area contributed by atoms with Crippen molar-refractivity contribution in [1.82, 2.24) is 10.4 Å². The Morgan fingerprint density at radius 1 is 1.69 bits per heavy atom. The number of carbonyl (C=O) groups is 1. The minimum atomic E-state index is -0.578. The summed E-state index contributed by atoms with van der Waals surface area (Å²) in [5.74, 6) is 0.